The second-order valence-electron chi connectivity index (χ2n) is 6.85. The molecule has 2 fully saturated rings. The molecular weight excluding hydrogens is 316 g/mol. The van der Waals surface area contributed by atoms with Gasteiger partial charge in [0.05, 0.1) is 17.8 Å². The first-order valence-electron chi connectivity index (χ1n) is 8.74. The van der Waals surface area contributed by atoms with Crippen molar-refractivity contribution < 1.29 is 9.53 Å². The number of aromatic nitrogens is 2. The van der Waals surface area contributed by atoms with Gasteiger partial charge in [-0.3, -0.25) is 4.79 Å². The molecular formula is C19H22N4O2. The molecule has 2 aliphatic heterocycles. The molecule has 130 valence electrons. The number of fused-ring (bicyclic) bond motifs is 2. The number of carbonyl (C=O) groups is 1. The van der Waals surface area contributed by atoms with Gasteiger partial charge in [-0.15, -0.1) is 0 Å². The predicted molar refractivity (Wildman–Crippen MR) is 94.6 cm³/mol. The number of anilines is 1. The third-order valence-electron chi connectivity index (χ3n) is 4.94. The summed E-state index contributed by atoms with van der Waals surface area (Å²) in [5.74, 6) is 0.536. The number of carbonyl (C=O) groups excluding carboxylic acids is 1. The average molecular weight is 338 g/mol. The molecule has 3 heterocycles. The maximum atomic E-state index is 12.3. The number of nitrogens with one attached hydrogen (secondary N) is 2. The summed E-state index contributed by atoms with van der Waals surface area (Å²) in [4.78, 5) is 20.6. The van der Waals surface area contributed by atoms with Crippen molar-refractivity contribution in [3.8, 4) is 0 Å². The van der Waals surface area contributed by atoms with Crippen molar-refractivity contribution in [2.24, 2.45) is 0 Å². The van der Waals surface area contributed by atoms with Crippen molar-refractivity contribution in [2.45, 2.75) is 37.8 Å². The Labute approximate surface area is 147 Å². The minimum Gasteiger partial charge on any atom is -0.372 e. The van der Waals surface area contributed by atoms with E-state index in [1.165, 1.54) is 5.56 Å². The number of benzene rings is 1. The minimum absolute atomic E-state index is 0.0478. The molecule has 2 N–H and O–H groups in total. The van der Waals surface area contributed by atoms with Gasteiger partial charge in [0.25, 0.3) is 5.91 Å². The van der Waals surface area contributed by atoms with Crippen molar-refractivity contribution in [3.63, 3.8) is 0 Å². The first-order chi connectivity index (χ1) is 12.2. The lowest BCUT2D eigenvalue weighted by Crippen LogP contribution is -2.40. The van der Waals surface area contributed by atoms with E-state index in [2.05, 4.69) is 32.7 Å². The molecule has 0 spiro atoms. The van der Waals surface area contributed by atoms with Crippen LogP contribution in [0.3, 0.4) is 0 Å². The topological polar surface area (TPSA) is 76.1 Å². The molecule has 25 heavy (non-hydrogen) atoms. The zero-order chi connectivity index (χ0) is 17.3. The summed E-state index contributed by atoms with van der Waals surface area (Å²) < 4.78 is 5.97. The molecule has 0 radical (unpaired) electrons. The fourth-order valence-electron chi connectivity index (χ4n) is 3.55. The van der Waals surface area contributed by atoms with E-state index >= 15 is 0 Å². The van der Waals surface area contributed by atoms with Crippen LogP contribution in [0.5, 0.6) is 0 Å². The number of rotatable bonds is 5. The number of ether oxygens (including phenoxy) is 1. The first-order valence-corrected chi connectivity index (χ1v) is 8.74. The van der Waals surface area contributed by atoms with E-state index in [4.69, 9.17) is 4.74 Å². The zero-order valence-electron chi connectivity index (χ0n) is 14.3. The van der Waals surface area contributed by atoms with Gasteiger partial charge >= 0.3 is 0 Å². The number of hydrogen-bond donors (Lipinski definition) is 2. The number of amides is 1. The van der Waals surface area contributed by atoms with E-state index in [-0.39, 0.29) is 11.5 Å². The molecule has 2 unspecified atom stereocenters. The van der Waals surface area contributed by atoms with Crippen LogP contribution in [0.4, 0.5) is 5.69 Å². The Bertz CT molecular complexity index is 750. The first kappa shape index (κ1) is 16.2. The number of nitrogens with zero attached hydrogens (tertiary/aromatic N) is 2. The van der Waals surface area contributed by atoms with Crippen molar-refractivity contribution in [3.05, 3.63) is 53.6 Å². The number of morpholine rings is 1. The fraction of sp³-hybridized carbons (Fsp3) is 0.421. The lowest BCUT2D eigenvalue weighted by Gasteiger charge is -2.26. The van der Waals surface area contributed by atoms with Crippen LogP contribution in [0.1, 0.15) is 35.1 Å². The highest BCUT2D eigenvalue weighted by atomic mass is 16.5. The van der Waals surface area contributed by atoms with E-state index in [0.717, 1.165) is 43.9 Å². The molecule has 1 aromatic heterocycles. The normalized spacial score (nSPS) is 24.4. The van der Waals surface area contributed by atoms with E-state index in [9.17, 15) is 4.79 Å². The second-order valence-corrected chi connectivity index (χ2v) is 6.85. The Kier molecular flexibility index (Phi) is 4.23. The molecule has 6 heteroatoms. The van der Waals surface area contributed by atoms with E-state index < -0.39 is 0 Å². The van der Waals surface area contributed by atoms with Gasteiger partial charge in [0.15, 0.2) is 0 Å². The Morgan fingerprint density at radius 2 is 2.08 bits per heavy atom. The second kappa shape index (κ2) is 6.54. The van der Waals surface area contributed by atoms with Gasteiger partial charge in [-0.05, 0) is 24.1 Å². The Balaban J connectivity index is 1.39. The molecule has 0 aliphatic carbocycles. The molecule has 0 saturated carbocycles. The van der Waals surface area contributed by atoms with Gasteiger partial charge in [0.1, 0.15) is 5.82 Å². The molecule has 2 aliphatic rings. The van der Waals surface area contributed by atoms with Crippen molar-refractivity contribution >= 4 is 11.6 Å². The number of hydrogen-bond acceptors (Lipinski definition) is 5. The van der Waals surface area contributed by atoms with Crippen LogP contribution < -0.4 is 10.6 Å². The van der Waals surface area contributed by atoms with Gasteiger partial charge in [0.2, 0.25) is 0 Å². The van der Waals surface area contributed by atoms with Crippen LogP contribution in [0.15, 0.2) is 36.7 Å². The summed E-state index contributed by atoms with van der Waals surface area (Å²) >= 11 is 0. The van der Waals surface area contributed by atoms with Gasteiger partial charge in [-0.1, -0.05) is 19.1 Å². The van der Waals surface area contributed by atoms with Crippen LogP contribution >= 0.6 is 0 Å². The summed E-state index contributed by atoms with van der Waals surface area (Å²) in [6, 6.07) is 8.48. The van der Waals surface area contributed by atoms with Crippen LogP contribution in [-0.2, 0) is 17.6 Å². The number of aryl methyl sites for hydroxylation is 1. The third kappa shape index (κ3) is 3.41. The average Bonchev–Trinajstić information content (AvgIpc) is 3.24. The fourth-order valence-corrected chi connectivity index (χ4v) is 3.55. The molecule has 1 amide bonds. The monoisotopic (exact) mass is 338 g/mol. The largest absolute Gasteiger partial charge is 0.372 e. The highest BCUT2D eigenvalue weighted by Gasteiger charge is 2.45. The molecule has 2 bridgehead atoms. The highest BCUT2D eigenvalue weighted by molar-refractivity contribution is 6.03. The SMILES string of the molecule is CCc1ncc(C(=O)Nc2ccc(CC34CNC(CO3)C4)cc2)cn1. The zero-order valence-corrected chi connectivity index (χ0v) is 14.3. The van der Waals surface area contributed by atoms with Crippen LogP contribution in [0, 0.1) is 0 Å². The maximum Gasteiger partial charge on any atom is 0.258 e. The standard InChI is InChI=1S/C19H22N4O2/c1-2-17-20-9-14(10-21-17)18(24)23-15-5-3-13(4-6-15)7-19-8-16(11-25-19)22-12-19/h3-6,9-10,16,22H,2,7-8,11-12H2,1H3,(H,23,24). The summed E-state index contributed by atoms with van der Waals surface area (Å²) in [6.07, 6.45) is 5.87. The molecule has 2 aromatic rings. The van der Waals surface area contributed by atoms with E-state index in [1.807, 2.05) is 19.1 Å². The maximum absolute atomic E-state index is 12.3. The van der Waals surface area contributed by atoms with Gasteiger partial charge < -0.3 is 15.4 Å². The summed E-state index contributed by atoms with van der Waals surface area (Å²) in [5.41, 5.74) is 2.40. The van der Waals surface area contributed by atoms with Crippen molar-refractivity contribution in [1.82, 2.24) is 15.3 Å². The smallest absolute Gasteiger partial charge is 0.258 e. The Hall–Kier alpha value is -2.31. The van der Waals surface area contributed by atoms with Gasteiger partial charge in [-0.25, -0.2) is 9.97 Å². The van der Waals surface area contributed by atoms with Crippen LogP contribution in [0.2, 0.25) is 0 Å². The lowest BCUT2D eigenvalue weighted by atomic mass is 9.93. The summed E-state index contributed by atoms with van der Waals surface area (Å²) in [6.45, 7) is 3.71. The highest BCUT2D eigenvalue weighted by Crippen LogP contribution is 2.34. The Morgan fingerprint density at radius 1 is 1.32 bits per heavy atom. The van der Waals surface area contributed by atoms with Crippen molar-refractivity contribution in [1.29, 1.82) is 0 Å². The summed E-state index contributed by atoms with van der Waals surface area (Å²) in [5, 5.41) is 6.37. The van der Waals surface area contributed by atoms with Crippen LogP contribution in [-0.4, -0.2) is 40.7 Å². The van der Waals surface area contributed by atoms with Crippen LogP contribution in [0.25, 0.3) is 0 Å². The lowest BCUT2D eigenvalue weighted by molar-refractivity contribution is -0.00521. The van der Waals surface area contributed by atoms with E-state index in [0.29, 0.717) is 11.6 Å². The molecule has 1 aromatic carbocycles. The molecule has 2 saturated heterocycles. The molecule has 2 atom stereocenters. The van der Waals surface area contributed by atoms with Gasteiger partial charge in [0, 0.05) is 43.5 Å². The third-order valence-corrected chi connectivity index (χ3v) is 4.94. The Morgan fingerprint density at radius 3 is 2.64 bits per heavy atom. The predicted octanol–water partition coefficient (Wildman–Crippen LogP) is 1.96. The van der Waals surface area contributed by atoms with E-state index in [1.54, 1.807) is 12.4 Å². The molecule has 4 rings (SSSR count). The minimum atomic E-state index is -0.198. The van der Waals surface area contributed by atoms with Gasteiger partial charge in [-0.2, -0.15) is 0 Å². The van der Waals surface area contributed by atoms with Crippen molar-refractivity contribution in [2.75, 3.05) is 18.5 Å². The molecule has 6 nitrogen and oxygen atoms in total. The summed E-state index contributed by atoms with van der Waals surface area (Å²) in [7, 11) is 0. The quantitative estimate of drug-likeness (QED) is 0.872.